The molecular formula is C14H9BrINO3. The predicted octanol–water partition coefficient (Wildman–Crippen LogP) is 4.00. The lowest BCUT2D eigenvalue weighted by molar-refractivity contribution is 0.0696. The highest BCUT2D eigenvalue weighted by Crippen LogP contribution is 2.24. The van der Waals surface area contributed by atoms with Crippen LogP contribution in [0.5, 0.6) is 0 Å². The molecule has 6 heteroatoms. The van der Waals surface area contributed by atoms with Gasteiger partial charge in [0.2, 0.25) is 0 Å². The second-order valence-electron chi connectivity index (χ2n) is 3.96. The Balaban J connectivity index is 2.25. The van der Waals surface area contributed by atoms with Crippen molar-refractivity contribution in [3.05, 3.63) is 61.6 Å². The highest BCUT2D eigenvalue weighted by atomic mass is 127. The molecule has 20 heavy (non-hydrogen) atoms. The van der Waals surface area contributed by atoms with Gasteiger partial charge in [-0.2, -0.15) is 0 Å². The molecule has 0 atom stereocenters. The Kier molecular flexibility index (Phi) is 4.77. The van der Waals surface area contributed by atoms with Crippen LogP contribution in [0.4, 0.5) is 5.69 Å². The van der Waals surface area contributed by atoms with Crippen LogP contribution < -0.4 is 5.32 Å². The van der Waals surface area contributed by atoms with Crippen LogP contribution in [-0.2, 0) is 0 Å². The Morgan fingerprint density at radius 1 is 1.05 bits per heavy atom. The van der Waals surface area contributed by atoms with Crippen LogP contribution in [0.2, 0.25) is 0 Å². The average Bonchev–Trinajstić information content (AvgIpc) is 2.41. The highest BCUT2D eigenvalue weighted by molar-refractivity contribution is 14.1. The molecule has 102 valence electrons. The number of rotatable bonds is 3. The summed E-state index contributed by atoms with van der Waals surface area (Å²) < 4.78 is 1.66. The standard InChI is InChI=1S/C14H9BrINO3/c15-11-6-3-9(14(19)20)7-12(11)17-13(18)8-1-4-10(16)5-2-8/h1-7H,(H,17,18)(H,19,20). The molecule has 0 aliphatic heterocycles. The molecule has 2 rings (SSSR count). The van der Waals surface area contributed by atoms with E-state index < -0.39 is 5.97 Å². The van der Waals surface area contributed by atoms with Gasteiger partial charge in [0.15, 0.2) is 0 Å². The fourth-order valence-electron chi connectivity index (χ4n) is 1.55. The number of amides is 1. The van der Waals surface area contributed by atoms with Crippen LogP contribution in [0.25, 0.3) is 0 Å². The number of nitrogens with one attached hydrogen (secondary N) is 1. The van der Waals surface area contributed by atoms with Crippen LogP contribution in [0.1, 0.15) is 20.7 Å². The first-order chi connectivity index (χ1) is 9.47. The highest BCUT2D eigenvalue weighted by Gasteiger charge is 2.11. The van der Waals surface area contributed by atoms with E-state index in [-0.39, 0.29) is 11.5 Å². The second-order valence-corrected chi connectivity index (χ2v) is 6.06. The Morgan fingerprint density at radius 3 is 2.25 bits per heavy atom. The van der Waals surface area contributed by atoms with Gasteiger partial charge in [0.25, 0.3) is 5.91 Å². The number of benzene rings is 2. The summed E-state index contributed by atoms with van der Waals surface area (Å²) in [5.41, 5.74) is 1.05. The Labute approximate surface area is 137 Å². The summed E-state index contributed by atoms with van der Waals surface area (Å²) in [7, 11) is 0. The summed E-state index contributed by atoms with van der Waals surface area (Å²) in [5.74, 6) is -1.33. The Bertz CT molecular complexity index is 671. The Morgan fingerprint density at radius 2 is 1.65 bits per heavy atom. The zero-order chi connectivity index (χ0) is 14.7. The molecule has 0 heterocycles. The van der Waals surface area contributed by atoms with Gasteiger partial charge in [0.1, 0.15) is 0 Å². The minimum Gasteiger partial charge on any atom is -0.478 e. The molecule has 0 spiro atoms. The monoisotopic (exact) mass is 445 g/mol. The van der Waals surface area contributed by atoms with Gasteiger partial charge in [-0.1, -0.05) is 0 Å². The van der Waals surface area contributed by atoms with Gasteiger partial charge in [-0.05, 0) is 81.0 Å². The normalized spacial score (nSPS) is 10.1. The Hall–Kier alpha value is -1.41. The van der Waals surface area contributed by atoms with Crippen LogP contribution in [0.15, 0.2) is 46.9 Å². The van der Waals surface area contributed by atoms with E-state index in [9.17, 15) is 9.59 Å². The van der Waals surface area contributed by atoms with E-state index in [1.54, 1.807) is 18.2 Å². The molecule has 4 nitrogen and oxygen atoms in total. The quantitative estimate of drug-likeness (QED) is 0.701. The third-order valence-corrected chi connectivity index (χ3v) is 3.98. The third kappa shape index (κ3) is 3.57. The van der Waals surface area contributed by atoms with Gasteiger partial charge >= 0.3 is 5.97 Å². The van der Waals surface area contributed by atoms with E-state index in [1.165, 1.54) is 12.1 Å². The third-order valence-electron chi connectivity index (χ3n) is 2.57. The van der Waals surface area contributed by atoms with Crippen LogP contribution in [0.3, 0.4) is 0 Å². The first-order valence-electron chi connectivity index (χ1n) is 5.57. The van der Waals surface area contributed by atoms with Gasteiger partial charge in [-0.15, -0.1) is 0 Å². The zero-order valence-corrected chi connectivity index (χ0v) is 13.8. The van der Waals surface area contributed by atoms with E-state index >= 15 is 0 Å². The van der Waals surface area contributed by atoms with E-state index in [1.807, 2.05) is 12.1 Å². The van der Waals surface area contributed by atoms with E-state index in [0.29, 0.717) is 15.7 Å². The van der Waals surface area contributed by atoms with Gasteiger partial charge in [0.05, 0.1) is 11.3 Å². The van der Waals surface area contributed by atoms with Crippen molar-refractivity contribution < 1.29 is 14.7 Å². The zero-order valence-electron chi connectivity index (χ0n) is 10.1. The summed E-state index contributed by atoms with van der Waals surface area (Å²) >= 11 is 5.44. The molecule has 1 amide bonds. The molecule has 0 saturated carbocycles. The molecule has 0 unspecified atom stereocenters. The number of hydrogen-bond acceptors (Lipinski definition) is 2. The second kappa shape index (κ2) is 6.36. The lowest BCUT2D eigenvalue weighted by Gasteiger charge is -2.08. The maximum absolute atomic E-state index is 12.1. The van der Waals surface area contributed by atoms with Crippen molar-refractivity contribution in [1.29, 1.82) is 0 Å². The first-order valence-corrected chi connectivity index (χ1v) is 7.44. The van der Waals surface area contributed by atoms with E-state index in [4.69, 9.17) is 5.11 Å². The van der Waals surface area contributed by atoms with Gasteiger partial charge < -0.3 is 10.4 Å². The number of anilines is 1. The van der Waals surface area contributed by atoms with Crippen molar-refractivity contribution in [3.8, 4) is 0 Å². The molecular weight excluding hydrogens is 437 g/mol. The molecule has 0 aliphatic rings. The largest absolute Gasteiger partial charge is 0.478 e. The topological polar surface area (TPSA) is 66.4 Å². The number of carbonyl (C=O) groups is 2. The number of hydrogen-bond donors (Lipinski definition) is 2. The van der Waals surface area contributed by atoms with Crippen molar-refractivity contribution in [2.45, 2.75) is 0 Å². The van der Waals surface area contributed by atoms with Crippen LogP contribution in [0, 0.1) is 3.57 Å². The van der Waals surface area contributed by atoms with Crippen molar-refractivity contribution in [2.24, 2.45) is 0 Å². The minimum absolute atomic E-state index is 0.117. The molecule has 0 aliphatic carbocycles. The average molecular weight is 446 g/mol. The SMILES string of the molecule is O=C(O)c1ccc(Br)c(NC(=O)c2ccc(I)cc2)c1. The molecule has 2 N–H and O–H groups in total. The fraction of sp³-hybridized carbons (Fsp3) is 0. The smallest absolute Gasteiger partial charge is 0.335 e. The minimum atomic E-state index is -1.04. The number of aromatic carboxylic acids is 1. The van der Waals surface area contributed by atoms with E-state index in [2.05, 4.69) is 43.8 Å². The first kappa shape index (κ1) is 15.0. The molecule has 0 radical (unpaired) electrons. The van der Waals surface area contributed by atoms with Gasteiger partial charge in [-0.3, -0.25) is 4.79 Å². The van der Waals surface area contributed by atoms with Gasteiger partial charge in [-0.25, -0.2) is 4.79 Å². The predicted molar refractivity (Wildman–Crippen MR) is 88.2 cm³/mol. The van der Waals surface area contributed by atoms with Crippen molar-refractivity contribution in [3.63, 3.8) is 0 Å². The van der Waals surface area contributed by atoms with E-state index in [0.717, 1.165) is 3.57 Å². The summed E-state index contributed by atoms with van der Waals surface area (Å²) in [6, 6.07) is 11.6. The summed E-state index contributed by atoms with van der Waals surface area (Å²) in [6.07, 6.45) is 0. The summed E-state index contributed by atoms with van der Waals surface area (Å²) in [6.45, 7) is 0. The molecule has 2 aromatic rings. The molecule has 0 fully saturated rings. The summed E-state index contributed by atoms with van der Waals surface area (Å²) in [5, 5.41) is 11.6. The lowest BCUT2D eigenvalue weighted by atomic mass is 10.2. The number of carboxylic acid groups (broad SMARTS) is 1. The maximum atomic E-state index is 12.1. The molecule has 0 aromatic heterocycles. The maximum Gasteiger partial charge on any atom is 0.335 e. The van der Waals surface area contributed by atoms with Crippen molar-refractivity contribution >= 4 is 56.1 Å². The van der Waals surface area contributed by atoms with Crippen molar-refractivity contribution in [1.82, 2.24) is 0 Å². The van der Waals surface area contributed by atoms with Crippen LogP contribution in [-0.4, -0.2) is 17.0 Å². The number of carbonyl (C=O) groups excluding carboxylic acids is 1. The fourth-order valence-corrected chi connectivity index (χ4v) is 2.26. The molecule has 0 saturated heterocycles. The number of halogens is 2. The summed E-state index contributed by atoms with van der Waals surface area (Å²) in [4.78, 5) is 23.0. The molecule has 0 bridgehead atoms. The van der Waals surface area contributed by atoms with Crippen LogP contribution >= 0.6 is 38.5 Å². The van der Waals surface area contributed by atoms with Gasteiger partial charge in [0, 0.05) is 13.6 Å². The lowest BCUT2D eigenvalue weighted by Crippen LogP contribution is -2.12. The van der Waals surface area contributed by atoms with Crippen molar-refractivity contribution in [2.75, 3.05) is 5.32 Å². The number of carboxylic acids is 1. The molecule has 2 aromatic carbocycles.